The van der Waals surface area contributed by atoms with Crippen molar-refractivity contribution in [2.45, 2.75) is 6.42 Å². The van der Waals surface area contributed by atoms with Crippen molar-refractivity contribution in [1.29, 1.82) is 0 Å². The van der Waals surface area contributed by atoms with Gasteiger partial charge in [0.25, 0.3) is 0 Å². The van der Waals surface area contributed by atoms with Gasteiger partial charge in [-0.15, -0.1) is 6.58 Å². The molecule has 0 heterocycles. The molecule has 1 aromatic carbocycles. The number of nitrogens with zero attached hydrogens (tertiary/aromatic N) is 1. The molecule has 0 bridgehead atoms. The van der Waals surface area contributed by atoms with Gasteiger partial charge in [-0.2, -0.15) is 0 Å². The molecule has 6 heteroatoms. The predicted molar refractivity (Wildman–Crippen MR) is 89.4 cm³/mol. The highest BCUT2D eigenvalue weighted by Crippen LogP contribution is 2.34. The number of ether oxygens (including phenoxy) is 3. The highest BCUT2D eigenvalue weighted by Gasteiger charge is 2.13. The van der Waals surface area contributed by atoms with Crippen LogP contribution in [0, 0.1) is 0 Å². The first-order valence-corrected chi connectivity index (χ1v) is 7.04. The molecule has 0 aliphatic heterocycles. The average Bonchev–Trinajstić information content (AvgIpc) is 2.57. The molecule has 0 unspecified atom stereocenters. The SMILES string of the molecule is C=CCNC(=NC)NCCc1c(OC)cc(OC)cc1OC. The molecular formula is C16H25N3O3. The maximum Gasteiger partial charge on any atom is 0.191 e. The molecule has 1 rings (SSSR count). The third-order valence-electron chi connectivity index (χ3n) is 3.12. The maximum atomic E-state index is 5.43. The van der Waals surface area contributed by atoms with Crippen LogP contribution < -0.4 is 24.8 Å². The second-order valence-electron chi connectivity index (χ2n) is 4.43. The highest BCUT2D eigenvalue weighted by atomic mass is 16.5. The summed E-state index contributed by atoms with van der Waals surface area (Å²) >= 11 is 0. The fraction of sp³-hybridized carbons (Fsp3) is 0.438. The van der Waals surface area contributed by atoms with Gasteiger partial charge in [0.2, 0.25) is 0 Å². The number of methoxy groups -OCH3 is 3. The van der Waals surface area contributed by atoms with Crippen molar-refractivity contribution in [3.63, 3.8) is 0 Å². The Labute approximate surface area is 132 Å². The van der Waals surface area contributed by atoms with E-state index in [4.69, 9.17) is 14.2 Å². The third-order valence-corrected chi connectivity index (χ3v) is 3.12. The number of benzene rings is 1. The number of aliphatic imine (C=N–C) groups is 1. The van der Waals surface area contributed by atoms with Crippen molar-refractivity contribution >= 4 is 5.96 Å². The first-order chi connectivity index (χ1) is 10.7. The summed E-state index contributed by atoms with van der Waals surface area (Å²) in [6.45, 7) is 5.02. The topological polar surface area (TPSA) is 64.1 Å². The van der Waals surface area contributed by atoms with E-state index in [2.05, 4.69) is 22.2 Å². The lowest BCUT2D eigenvalue weighted by Crippen LogP contribution is -2.38. The minimum absolute atomic E-state index is 0.662. The molecule has 6 nitrogen and oxygen atoms in total. The first kappa shape index (κ1) is 17.7. The molecule has 0 saturated carbocycles. The van der Waals surface area contributed by atoms with E-state index in [1.54, 1.807) is 34.5 Å². The molecule has 0 aliphatic carbocycles. The van der Waals surface area contributed by atoms with Crippen LogP contribution in [0.25, 0.3) is 0 Å². The monoisotopic (exact) mass is 307 g/mol. The van der Waals surface area contributed by atoms with Crippen LogP contribution in [0.5, 0.6) is 17.2 Å². The number of rotatable bonds is 8. The molecule has 0 fully saturated rings. The van der Waals surface area contributed by atoms with E-state index < -0.39 is 0 Å². The summed E-state index contributed by atoms with van der Waals surface area (Å²) in [5, 5.41) is 6.35. The maximum absolute atomic E-state index is 5.43. The lowest BCUT2D eigenvalue weighted by atomic mass is 10.1. The third kappa shape index (κ3) is 4.87. The van der Waals surface area contributed by atoms with Gasteiger partial charge in [0.05, 0.1) is 21.3 Å². The van der Waals surface area contributed by atoms with Gasteiger partial charge in [-0.05, 0) is 6.42 Å². The molecule has 22 heavy (non-hydrogen) atoms. The van der Waals surface area contributed by atoms with Gasteiger partial charge in [-0.3, -0.25) is 4.99 Å². The molecule has 0 amide bonds. The Morgan fingerprint density at radius 2 is 1.77 bits per heavy atom. The lowest BCUT2D eigenvalue weighted by molar-refractivity contribution is 0.368. The largest absolute Gasteiger partial charge is 0.496 e. The van der Waals surface area contributed by atoms with E-state index >= 15 is 0 Å². The van der Waals surface area contributed by atoms with Crippen molar-refractivity contribution in [2.75, 3.05) is 41.5 Å². The standard InChI is InChI=1S/C16H25N3O3/c1-6-8-18-16(17-2)19-9-7-13-14(21-4)10-12(20-3)11-15(13)22-5/h6,10-11H,1,7-9H2,2-5H3,(H2,17,18,19). The number of hydrogen-bond donors (Lipinski definition) is 2. The summed E-state index contributed by atoms with van der Waals surface area (Å²) in [6.07, 6.45) is 2.51. The Hall–Kier alpha value is -2.37. The minimum atomic E-state index is 0.662. The molecule has 0 aliphatic rings. The zero-order chi connectivity index (χ0) is 16.4. The molecule has 0 radical (unpaired) electrons. The Bertz CT molecular complexity index is 490. The van der Waals surface area contributed by atoms with E-state index in [9.17, 15) is 0 Å². The molecular weight excluding hydrogens is 282 g/mol. The molecule has 0 saturated heterocycles. The molecule has 0 aromatic heterocycles. The van der Waals surface area contributed by atoms with Gasteiger partial charge in [-0.25, -0.2) is 0 Å². The van der Waals surface area contributed by atoms with Crippen molar-refractivity contribution in [3.8, 4) is 17.2 Å². The summed E-state index contributed by atoms with van der Waals surface area (Å²) in [5.41, 5.74) is 0.984. The van der Waals surface area contributed by atoms with Gasteiger partial charge in [0.15, 0.2) is 5.96 Å². The zero-order valence-electron chi connectivity index (χ0n) is 13.7. The van der Waals surface area contributed by atoms with Gasteiger partial charge >= 0.3 is 0 Å². The molecule has 122 valence electrons. The van der Waals surface area contributed by atoms with E-state index in [0.29, 0.717) is 18.8 Å². The second-order valence-corrected chi connectivity index (χ2v) is 4.43. The fourth-order valence-corrected chi connectivity index (χ4v) is 2.02. The summed E-state index contributed by atoms with van der Waals surface area (Å²) in [6, 6.07) is 3.70. The molecule has 2 N–H and O–H groups in total. The Morgan fingerprint density at radius 1 is 1.14 bits per heavy atom. The lowest BCUT2D eigenvalue weighted by Gasteiger charge is -2.16. The van der Waals surface area contributed by atoms with Crippen LogP contribution in [-0.2, 0) is 6.42 Å². The number of hydrogen-bond acceptors (Lipinski definition) is 4. The van der Waals surface area contributed by atoms with Gasteiger partial charge in [0, 0.05) is 37.8 Å². The second kappa shape index (κ2) is 9.55. The molecule has 0 atom stereocenters. The predicted octanol–water partition coefficient (Wildman–Crippen LogP) is 1.61. The van der Waals surface area contributed by atoms with Gasteiger partial charge < -0.3 is 24.8 Å². The molecule has 1 aromatic rings. The normalized spacial score (nSPS) is 10.8. The van der Waals surface area contributed by atoms with Gasteiger partial charge in [0.1, 0.15) is 17.2 Å². The van der Waals surface area contributed by atoms with Crippen LogP contribution in [0.4, 0.5) is 0 Å². The summed E-state index contributed by atoms with van der Waals surface area (Å²) in [7, 11) is 6.61. The average molecular weight is 307 g/mol. The van der Waals surface area contributed by atoms with Crippen molar-refractivity contribution in [3.05, 3.63) is 30.4 Å². The quantitative estimate of drug-likeness (QED) is 0.434. The minimum Gasteiger partial charge on any atom is -0.496 e. The van der Waals surface area contributed by atoms with Crippen LogP contribution in [0.15, 0.2) is 29.8 Å². The van der Waals surface area contributed by atoms with Crippen LogP contribution in [-0.4, -0.2) is 47.4 Å². The summed E-state index contributed by atoms with van der Waals surface area (Å²) < 4.78 is 16.1. The van der Waals surface area contributed by atoms with Crippen LogP contribution >= 0.6 is 0 Å². The fourth-order valence-electron chi connectivity index (χ4n) is 2.02. The Kier molecular flexibility index (Phi) is 7.67. The van der Waals surface area contributed by atoms with Crippen LogP contribution in [0.2, 0.25) is 0 Å². The van der Waals surface area contributed by atoms with Crippen LogP contribution in [0.3, 0.4) is 0 Å². The Balaban J connectivity index is 2.77. The highest BCUT2D eigenvalue weighted by molar-refractivity contribution is 5.79. The van der Waals surface area contributed by atoms with Crippen molar-refractivity contribution in [1.82, 2.24) is 10.6 Å². The summed E-state index contributed by atoms with van der Waals surface area (Å²) in [5.74, 6) is 2.92. The van der Waals surface area contributed by atoms with Crippen molar-refractivity contribution < 1.29 is 14.2 Å². The number of nitrogens with one attached hydrogen (secondary N) is 2. The van der Waals surface area contributed by atoms with E-state index in [1.807, 2.05) is 12.1 Å². The van der Waals surface area contributed by atoms with Crippen LogP contribution in [0.1, 0.15) is 5.56 Å². The first-order valence-electron chi connectivity index (χ1n) is 7.04. The van der Waals surface area contributed by atoms with Crippen molar-refractivity contribution in [2.24, 2.45) is 4.99 Å². The summed E-state index contributed by atoms with van der Waals surface area (Å²) in [4.78, 5) is 4.13. The smallest absolute Gasteiger partial charge is 0.191 e. The van der Waals surface area contributed by atoms with E-state index in [1.165, 1.54) is 0 Å². The van der Waals surface area contributed by atoms with Gasteiger partial charge in [-0.1, -0.05) is 6.08 Å². The zero-order valence-corrected chi connectivity index (χ0v) is 13.7. The van der Waals surface area contributed by atoms with E-state index in [0.717, 1.165) is 29.4 Å². The molecule has 0 spiro atoms. The number of guanidine groups is 1. The van der Waals surface area contributed by atoms with E-state index in [-0.39, 0.29) is 0 Å². The Morgan fingerprint density at radius 3 is 2.23 bits per heavy atom.